The van der Waals surface area contributed by atoms with Crippen molar-refractivity contribution in [2.24, 2.45) is 0 Å². The molecule has 0 aliphatic carbocycles. The Bertz CT molecular complexity index is 818. The van der Waals surface area contributed by atoms with Crippen LogP contribution in [0.5, 0.6) is 0 Å². The Balaban J connectivity index is 2.14. The molecule has 0 atom stereocenters. The van der Waals surface area contributed by atoms with Gasteiger partial charge in [0.2, 0.25) is 0 Å². The predicted octanol–water partition coefficient (Wildman–Crippen LogP) is 4.36. The van der Waals surface area contributed by atoms with Gasteiger partial charge in [0.1, 0.15) is 5.52 Å². The Morgan fingerprint density at radius 2 is 1.86 bits per heavy atom. The number of hydrogen-bond donors (Lipinski definition) is 0. The molecule has 106 valence electrons. The van der Waals surface area contributed by atoms with Crippen molar-refractivity contribution >= 4 is 22.8 Å². The van der Waals surface area contributed by atoms with Gasteiger partial charge in [-0.1, -0.05) is 17.7 Å². The van der Waals surface area contributed by atoms with Crippen molar-refractivity contribution in [2.75, 3.05) is 0 Å². The van der Waals surface area contributed by atoms with Crippen LogP contribution in [0.15, 0.2) is 42.7 Å². The lowest BCUT2D eigenvalue weighted by molar-refractivity contribution is -0.137. The molecule has 0 fully saturated rings. The molecule has 0 aliphatic rings. The summed E-state index contributed by atoms with van der Waals surface area (Å²) in [5, 5.41) is -0.349. The van der Waals surface area contributed by atoms with Crippen LogP contribution in [0.4, 0.5) is 13.2 Å². The minimum absolute atomic E-state index is 0.284. The maximum absolute atomic E-state index is 12.9. The molecule has 21 heavy (non-hydrogen) atoms. The standard InChI is InChI=1S/C14H7ClF3N3/c15-10-4-3-8(6-9(10)14(16,17)18)12-7-20-11-2-1-5-19-13(11)21-12/h1-7H. The highest BCUT2D eigenvalue weighted by Gasteiger charge is 2.33. The van der Waals surface area contributed by atoms with Crippen molar-refractivity contribution in [1.29, 1.82) is 0 Å². The Morgan fingerprint density at radius 1 is 1.05 bits per heavy atom. The van der Waals surface area contributed by atoms with Crippen LogP contribution in [-0.4, -0.2) is 15.0 Å². The van der Waals surface area contributed by atoms with Crippen LogP contribution in [0.2, 0.25) is 5.02 Å². The van der Waals surface area contributed by atoms with E-state index in [2.05, 4.69) is 15.0 Å². The first-order chi connectivity index (χ1) is 9.95. The smallest absolute Gasteiger partial charge is 0.251 e. The highest BCUT2D eigenvalue weighted by Crippen LogP contribution is 2.36. The summed E-state index contributed by atoms with van der Waals surface area (Å²) in [5.41, 5.74) is 0.643. The van der Waals surface area contributed by atoms with Crippen LogP contribution in [0, 0.1) is 0 Å². The van der Waals surface area contributed by atoms with Crippen molar-refractivity contribution in [3.8, 4) is 11.3 Å². The molecular formula is C14H7ClF3N3. The highest BCUT2D eigenvalue weighted by atomic mass is 35.5. The van der Waals surface area contributed by atoms with Gasteiger partial charge in [-0.15, -0.1) is 0 Å². The lowest BCUT2D eigenvalue weighted by Crippen LogP contribution is -2.06. The number of alkyl halides is 3. The number of hydrogen-bond acceptors (Lipinski definition) is 3. The van der Waals surface area contributed by atoms with E-state index in [0.717, 1.165) is 6.07 Å². The maximum atomic E-state index is 12.9. The fraction of sp³-hybridized carbons (Fsp3) is 0.0714. The zero-order valence-corrected chi connectivity index (χ0v) is 11.2. The van der Waals surface area contributed by atoms with Gasteiger partial charge in [-0.3, -0.25) is 4.98 Å². The Morgan fingerprint density at radius 3 is 2.62 bits per heavy atom. The summed E-state index contributed by atoms with van der Waals surface area (Å²) in [6.07, 6.45) is -1.56. The second-order valence-corrected chi connectivity index (χ2v) is 4.70. The maximum Gasteiger partial charge on any atom is 0.417 e. The molecule has 1 aromatic carbocycles. The summed E-state index contributed by atoms with van der Waals surface area (Å²) in [7, 11) is 0. The molecule has 3 aromatic rings. The molecule has 0 bridgehead atoms. The van der Waals surface area contributed by atoms with Crippen LogP contribution in [-0.2, 0) is 6.18 Å². The predicted molar refractivity (Wildman–Crippen MR) is 72.8 cm³/mol. The van der Waals surface area contributed by atoms with Crippen molar-refractivity contribution in [2.45, 2.75) is 6.18 Å². The SMILES string of the molecule is FC(F)(F)c1cc(-c2cnc3cccnc3n2)ccc1Cl. The summed E-state index contributed by atoms with van der Waals surface area (Å²) in [4.78, 5) is 12.4. The molecule has 0 saturated heterocycles. The molecule has 0 N–H and O–H groups in total. The zero-order chi connectivity index (χ0) is 15.0. The first kappa shape index (κ1) is 13.8. The monoisotopic (exact) mass is 309 g/mol. The fourth-order valence-electron chi connectivity index (χ4n) is 1.89. The number of rotatable bonds is 1. The highest BCUT2D eigenvalue weighted by molar-refractivity contribution is 6.31. The van der Waals surface area contributed by atoms with E-state index in [1.54, 1.807) is 18.3 Å². The van der Waals surface area contributed by atoms with Gasteiger partial charge >= 0.3 is 6.18 Å². The molecule has 0 radical (unpaired) electrons. The third-order valence-electron chi connectivity index (χ3n) is 2.89. The van der Waals surface area contributed by atoms with E-state index in [4.69, 9.17) is 11.6 Å². The Kier molecular flexibility index (Phi) is 3.25. The van der Waals surface area contributed by atoms with Crippen LogP contribution in [0.3, 0.4) is 0 Å². The molecule has 0 aliphatic heterocycles. The minimum Gasteiger partial charge on any atom is -0.251 e. The van der Waals surface area contributed by atoms with Crippen molar-refractivity contribution < 1.29 is 13.2 Å². The van der Waals surface area contributed by atoms with E-state index in [1.165, 1.54) is 18.3 Å². The molecule has 3 rings (SSSR count). The van der Waals surface area contributed by atoms with E-state index in [0.29, 0.717) is 16.9 Å². The second-order valence-electron chi connectivity index (χ2n) is 4.29. The van der Waals surface area contributed by atoms with Gasteiger partial charge in [0.25, 0.3) is 0 Å². The van der Waals surface area contributed by atoms with E-state index in [9.17, 15) is 13.2 Å². The largest absolute Gasteiger partial charge is 0.417 e. The number of pyridine rings is 1. The summed E-state index contributed by atoms with van der Waals surface area (Å²) < 4.78 is 38.6. The molecule has 2 heterocycles. The van der Waals surface area contributed by atoms with Crippen molar-refractivity contribution in [3.63, 3.8) is 0 Å². The van der Waals surface area contributed by atoms with Crippen LogP contribution >= 0.6 is 11.6 Å². The zero-order valence-electron chi connectivity index (χ0n) is 10.4. The molecular weight excluding hydrogens is 303 g/mol. The van der Waals surface area contributed by atoms with E-state index in [-0.39, 0.29) is 10.6 Å². The van der Waals surface area contributed by atoms with Gasteiger partial charge in [0.05, 0.1) is 22.5 Å². The molecule has 2 aromatic heterocycles. The fourth-order valence-corrected chi connectivity index (χ4v) is 2.11. The van der Waals surface area contributed by atoms with Crippen molar-refractivity contribution in [1.82, 2.24) is 15.0 Å². The number of halogens is 4. The second kappa shape index (κ2) is 4.96. The first-order valence-corrected chi connectivity index (χ1v) is 6.28. The van der Waals surface area contributed by atoms with E-state index in [1.807, 2.05) is 0 Å². The molecule has 0 unspecified atom stereocenters. The molecule has 3 nitrogen and oxygen atoms in total. The minimum atomic E-state index is -4.52. The molecule has 7 heteroatoms. The Hall–Kier alpha value is -2.21. The van der Waals surface area contributed by atoms with Crippen LogP contribution in [0.1, 0.15) is 5.56 Å². The van der Waals surface area contributed by atoms with Gasteiger partial charge < -0.3 is 0 Å². The third kappa shape index (κ3) is 2.67. The van der Waals surface area contributed by atoms with Gasteiger partial charge in [0, 0.05) is 11.8 Å². The number of aromatic nitrogens is 3. The lowest BCUT2D eigenvalue weighted by Gasteiger charge is -2.10. The number of nitrogens with zero attached hydrogens (tertiary/aromatic N) is 3. The molecule has 0 saturated carbocycles. The first-order valence-electron chi connectivity index (χ1n) is 5.90. The number of benzene rings is 1. The van der Waals surface area contributed by atoms with Gasteiger partial charge in [-0.05, 0) is 24.3 Å². The lowest BCUT2D eigenvalue weighted by atomic mass is 10.1. The quantitative estimate of drug-likeness (QED) is 0.670. The summed E-state index contributed by atoms with van der Waals surface area (Å²) in [6.45, 7) is 0. The normalized spacial score (nSPS) is 11.8. The van der Waals surface area contributed by atoms with Crippen molar-refractivity contribution in [3.05, 3.63) is 53.3 Å². The third-order valence-corrected chi connectivity index (χ3v) is 3.22. The topological polar surface area (TPSA) is 38.7 Å². The number of fused-ring (bicyclic) bond motifs is 1. The summed E-state index contributed by atoms with van der Waals surface area (Å²) >= 11 is 5.59. The van der Waals surface area contributed by atoms with E-state index < -0.39 is 11.7 Å². The van der Waals surface area contributed by atoms with Gasteiger partial charge in [0.15, 0.2) is 5.65 Å². The Labute approximate surface area is 122 Å². The van der Waals surface area contributed by atoms with E-state index >= 15 is 0 Å². The summed E-state index contributed by atoms with van der Waals surface area (Å²) in [5.74, 6) is 0. The summed E-state index contributed by atoms with van der Waals surface area (Å²) in [6, 6.07) is 7.06. The van der Waals surface area contributed by atoms with Crippen LogP contribution in [0.25, 0.3) is 22.4 Å². The molecule has 0 amide bonds. The molecule has 0 spiro atoms. The van der Waals surface area contributed by atoms with Gasteiger partial charge in [-0.2, -0.15) is 13.2 Å². The van der Waals surface area contributed by atoms with Gasteiger partial charge in [-0.25, -0.2) is 9.97 Å². The van der Waals surface area contributed by atoms with Crippen LogP contribution < -0.4 is 0 Å². The average Bonchev–Trinajstić information content (AvgIpc) is 2.46. The average molecular weight is 310 g/mol.